The molecule has 0 spiro atoms. The van der Waals surface area contributed by atoms with E-state index < -0.39 is 69.3 Å². The van der Waals surface area contributed by atoms with Gasteiger partial charge < -0.3 is 0 Å². The van der Waals surface area contributed by atoms with Crippen LogP contribution in [0.4, 0.5) is 43.9 Å². The summed E-state index contributed by atoms with van der Waals surface area (Å²) in [6.07, 6.45) is 0. The van der Waals surface area contributed by atoms with E-state index >= 15 is 0 Å². The van der Waals surface area contributed by atoms with E-state index in [1.807, 2.05) is 0 Å². The fraction of sp³-hybridized carbons (Fsp3) is 0. The van der Waals surface area contributed by atoms with E-state index in [0.717, 1.165) is 0 Å². The molecule has 222 valence electrons. The standard InChI is InChI=1S/2C15H6F5.2ClH.Zr/c2*16-11-10(12(17)14(19)15(20)13(11)18)9-6-5-7-3-1-2-4-8(7)9;;;/h2*1-6H;2*1H;/q2*-1;;;+2. The second kappa shape index (κ2) is 14.1. The van der Waals surface area contributed by atoms with Crippen LogP contribution in [0.5, 0.6) is 0 Å². The molecule has 13 heteroatoms. The molecular weight excluding hydrogens is 712 g/mol. The first-order chi connectivity index (χ1) is 19.0. The zero-order valence-corrected chi connectivity index (χ0v) is 25.1. The van der Waals surface area contributed by atoms with Crippen LogP contribution in [0.3, 0.4) is 0 Å². The van der Waals surface area contributed by atoms with Crippen LogP contribution < -0.4 is 0 Å². The van der Waals surface area contributed by atoms with Crippen molar-refractivity contribution < 1.29 is 70.1 Å². The molecule has 0 aliphatic heterocycles. The van der Waals surface area contributed by atoms with Crippen LogP contribution in [0, 0.1) is 58.2 Å². The van der Waals surface area contributed by atoms with Gasteiger partial charge in [-0.2, -0.15) is 0 Å². The van der Waals surface area contributed by atoms with Crippen molar-refractivity contribution in [2.24, 2.45) is 0 Å². The van der Waals surface area contributed by atoms with Gasteiger partial charge in [-0.1, -0.05) is 69.1 Å². The van der Waals surface area contributed by atoms with Crippen LogP contribution in [-0.4, -0.2) is 0 Å². The summed E-state index contributed by atoms with van der Waals surface area (Å²) in [6.45, 7) is 0. The Morgan fingerprint density at radius 2 is 0.605 bits per heavy atom. The van der Waals surface area contributed by atoms with Gasteiger partial charge in [-0.3, -0.25) is 0 Å². The van der Waals surface area contributed by atoms with Gasteiger partial charge in [0.1, 0.15) is 23.3 Å². The van der Waals surface area contributed by atoms with Crippen LogP contribution in [0.25, 0.3) is 43.8 Å². The fourth-order valence-corrected chi connectivity index (χ4v) is 4.42. The third kappa shape index (κ3) is 6.12. The van der Waals surface area contributed by atoms with Crippen LogP contribution >= 0.6 is 24.8 Å². The smallest absolute Gasteiger partial charge is 0.242 e. The van der Waals surface area contributed by atoms with Crippen molar-refractivity contribution in [3.05, 3.63) is 131 Å². The average molecular weight is 727 g/mol. The van der Waals surface area contributed by atoms with Crippen molar-refractivity contribution >= 4 is 46.4 Å². The Bertz CT molecular complexity index is 1730. The van der Waals surface area contributed by atoms with Gasteiger partial charge in [-0.05, 0) is 11.1 Å². The Morgan fingerprint density at radius 3 is 0.907 bits per heavy atom. The summed E-state index contributed by atoms with van der Waals surface area (Å²) in [6, 6.07) is 18.9. The Labute approximate surface area is 268 Å². The van der Waals surface area contributed by atoms with Gasteiger partial charge in [0.2, 0.25) is 0 Å². The van der Waals surface area contributed by atoms with Crippen molar-refractivity contribution in [3.8, 4) is 22.3 Å². The maximum Gasteiger partial charge on any atom is 2.00 e. The summed E-state index contributed by atoms with van der Waals surface area (Å²) in [7, 11) is 0. The predicted molar refractivity (Wildman–Crippen MR) is 144 cm³/mol. The summed E-state index contributed by atoms with van der Waals surface area (Å²) in [5.41, 5.74) is -1.84. The molecular formula is C30H14Cl2F10Zr. The number of hydrogen-bond donors (Lipinski definition) is 0. The van der Waals surface area contributed by atoms with Crippen LogP contribution in [0.2, 0.25) is 0 Å². The number of fused-ring (bicyclic) bond motifs is 2. The molecule has 6 aromatic carbocycles. The zero-order valence-electron chi connectivity index (χ0n) is 21.0. The molecule has 0 fully saturated rings. The van der Waals surface area contributed by atoms with Crippen molar-refractivity contribution in [2.45, 2.75) is 0 Å². The molecule has 0 saturated heterocycles. The number of benzene rings is 4. The van der Waals surface area contributed by atoms with Crippen molar-refractivity contribution in [3.63, 3.8) is 0 Å². The molecule has 0 radical (unpaired) electrons. The number of halogens is 12. The molecule has 0 bridgehead atoms. The normalized spacial score (nSPS) is 10.5. The van der Waals surface area contributed by atoms with Gasteiger partial charge in [0.25, 0.3) is 0 Å². The minimum Gasteiger partial charge on any atom is -0.242 e. The molecule has 6 aromatic rings. The van der Waals surface area contributed by atoms with Crippen molar-refractivity contribution in [2.75, 3.05) is 0 Å². The Hall–Kier alpha value is -3.14. The minimum atomic E-state index is -2.15. The third-order valence-electron chi connectivity index (χ3n) is 6.32. The Balaban J connectivity index is 0.000000281. The van der Waals surface area contributed by atoms with Gasteiger partial charge in [-0.25, -0.2) is 43.9 Å². The van der Waals surface area contributed by atoms with Gasteiger partial charge in [0.05, 0.1) is 0 Å². The van der Waals surface area contributed by atoms with Gasteiger partial charge in [0.15, 0.2) is 34.9 Å². The monoisotopic (exact) mass is 724 g/mol. The van der Waals surface area contributed by atoms with Gasteiger partial charge in [0, 0.05) is 0 Å². The molecule has 0 unspecified atom stereocenters. The molecule has 0 aliphatic carbocycles. The second-order valence-corrected chi connectivity index (χ2v) is 8.56. The number of hydrogen-bond acceptors (Lipinski definition) is 0. The number of rotatable bonds is 2. The van der Waals surface area contributed by atoms with E-state index in [4.69, 9.17) is 0 Å². The first-order valence-corrected chi connectivity index (χ1v) is 11.4. The Kier molecular flexibility index (Phi) is 11.8. The van der Waals surface area contributed by atoms with E-state index in [2.05, 4.69) is 0 Å². The van der Waals surface area contributed by atoms with Crippen molar-refractivity contribution in [1.29, 1.82) is 0 Å². The van der Waals surface area contributed by atoms with E-state index in [-0.39, 0.29) is 62.1 Å². The molecule has 0 aromatic heterocycles. The van der Waals surface area contributed by atoms with Crippen LogP contribution in [0.1, 0.15) is 0 Å². The second-order valence-electron chi connectivity index (χ2n) is 8.56. The van der Waals surface area contributed by atoms with E-state index in [1.165, 1.54) is 12.1 Å². The largest absolute Gasteiger partial charge is 2.00 e. The molecule has 0 saturated carbocycles. The third-order valence-corrected chi connectivity index (χ3v) is 6.32. The quantitative estimate of drug-likeness (QED) is 0.0722. The minimum absolute atomic E-state index is 0. The van der Waals surface area contributed by atoms with E-state index in [0.29, 0.717) is 21.5 Å². The molecule has 0 atom stereocenters. The maximum absolute atomic E-state index is 13.8. The summed E-state index contributed by atoms with van der Waals surface area (Å²) in [4.78, 5) is 0. The van der Waals surface area contributed by atoms with E-state index in [1.54, 1.807) is 60.7 Å². The topological polar surface area (TPSA) is 0 Å². The molecule has 0 heterocycles. The molecule has 0 amide bonds. The first-order valence-electron chi connectivity index (χ1n) is 11.4. The molecule has 0 nitrogen and oxygen atoms in total. The zero-order chi connectivity index (χ0) is 28.9. The average Bonchev–Trinajstić information content (AvgIpc) is 3.58. The first kappa shape index (κ1) is 36.1. The van der Waals surface area contributed by atoms with Crippen LogP contribution in [0.15, 0.2) is 72.8 Å². The molecule has 43 heavy (non-hydrogen) atoms. The van der Waals surface area contributed by atoms with Gasteiger partial charge in [-0.15, -0.1) is 61.2 Å². The Morgan fingerprint density at radius 1 is 0.349 bits per heavy atom. The summed E-state index contributed by atoms with van der Waals surface area (Å²) in [5.74, 6) is -19.4. The fourth-order valence-electron chi connectivity index (χ4n) is 4.42. The molecule has 0 aliphatic rings. The summed E-state index contributed by atoms with van der Waals surface area (Å²) in [5, 5.41) is 2.17. The SMILES string of the molecule is Cl.Cl.Fc1c(F)c(F)c(-[c-]2ccc3ccccc32)c(F)c1F.Fc1c(F)c(F)c(-[c-]2ccc3ccccc32)c(F)c1F.[Zr+2]. The molecule has 6 rings (SSSR count). The van der Waals surface area contributed by atoms with E-state index in [9.17, 15) is 43.9 Å². The summed E-state index contributed by atoms with van der Waals surface area (Å²) < 4.78 is 134. The van der Waals surface area contributed by atoms with Crippen LogP contribution in [-0.2, 0) is 26.2 Å². The van der Waals surface area contributed by atoms with Gasteiger partial charge >= 0.3 is 26.2 Å². The summed E-state index contributed by atoms with van der Waals surface area (Å²) >= 11 is 0. The molecule has 0 N–H and O–H groups in total. The maximum atomic E-state index is 13.8. The van der Waals surface area contributed by atoms with Crippen molar-refractivity contribution in [1.82, 2.24) is 0 Å². The predicted octanol–water partition coefficient (Wildman–Crippen LogP) is 10.7.